The highest BCUT2D eigenvalue weighted by Gasteiger charge is 2.31. The van der Waals surface area contributed by atoms with E-state index in [-0.39, 0.29) is 6.04 Å². The van der Waals surface area contributed by atoms with Gasteiger partial charge in [-0.1, -0.05) is 11.2 Å². The Kier molecular flexibility index (Phi) is 5.76. The van der Waals surface area contributed by atoms with Crippen molar-refractivity contribution < 1.29 is 9.26 Å². The average molecular weight is 385 g/mol. The Labute approximate surface area is 162 Å². The maximum absolute atomic E-state index is 5.60. The molecule has 1 aliphatic rings. The molecule has 4 rings (SSSR count). The third-order valence-electron chi connectivity index (χ3n) is 4.66. The Balaban J connectivity index is 1.43. The molecule has 0 saturated carbocycles. The van der Waals surface area contributed by atoms with Crippen molar-refractivity contribution in [3.05, 3.63) is 46.6 Å². The Morgan fingerprint density at radius 3 is 3.11 bits per heavy atom. The molecule has 0 unspecified atom stereocenters. The van der Waals surface area contributed by atoms with E-state index in [1.54, 1.807) is 24.6 Å². The number of aromatic nitrogens is 3. The molecule has 1 saturated heterocycles. The van der Waals surface area contributed by atoms with Gasteiger partial charge in [-0.3, -0.25) is 4.90 Å². The predicted molar refractivity (Wildman–Crippen MR) is 105 cm³/mol. The van der Waals surface area contributed by atoms with E-state index in [2.05, 4.69) is 42.9 Å². The van der Waals surface area contributed by atoms with Gasteiger partial charge < -0.3 is 14.6 Å². The molecule has 3 aromatic heterocycles. The number of likely N-dealkylation sites (tertiary alicyclic amines) is 1. The van der Waals surface area contributed by atoms with Crippen LogP contribution < -0.4 is 5.32 Å². The molecule has 1 atom stereocenters. The molecule has 7 nitrogen and oxygen atoms in total. The van der Waals surface area contributed by atoms with Gasteiger partial charge in [0.05, 0.1) is 12.6 Å². The fourth-order valence-corrected chi connectivity index (χ4v) is 4.03. The molecule has 1 aliphatic heterocycles. The zero-order valence-electron chi connectivity index (χ0n) is 15.3. The molecule has 0 bridgehead atoms. The van der Waals surface area contributed by atoms with Crippen LogP contribution in [0.25, 0.3) is 11.4 Å². The molecule has 0 radical (unpaired) electrons. The Morgan fingerprint density at radius 2 is 2.33 bits per heavy atom. The smallest absolute Gasteiger partial charge is 0.244 e. The number of hydrogen-bond donors (Lipinski definition) is 1. The minimum Gasteiger partial charge on any atom is -0.383 e. The van der Waals surface area contributed by atoms with Gasteiger partial charge in [0.15, 0.2) is 0 Å². The Hall–Kier alpha value is -2.29. The molecular weight excluding hydrogens is 362 g/mol. The summed E-state index contributed by atoms with van der Waals surface area (Å²) < 4.78 is 10.6. The molecule has 3 aromatic rings. The molecule has 142 valence electrons. The third kappa shape index (κ3) is 4.35. The topological polar surface area (TPSA) is 76.3 Å². The Morgan fingerprint density at radius 1 is 1.37 bits per heavy atom. The van der Waals surface area contributed by atoms with Gasteiger partial charge in [0, 0.05) is 36.8 Å². The summed E-state index contributed by atoms with van der Waals surface area (Å²) in [6, 6.07) is 8.33. The molecule has 0 spiro atoms. The SMILES string of the molecule is COCCNc1ccc(-c2noc([C@H]3CCCN3Cc3cccs3)n2)cn1. The van der Waals surface area contributed by atoms with E-state index in [9.17, 15) is 0 Å². The minimum atomic E-state index is 0.191. The van der Waals surface area contributed by atoms with Crippen LogP contribution in [0, 0.1) is 0 Å². The maximum Gasteiger partial charge on any atom is 0.244 e. The molecule has 8 heteroatoms. The first-order valence-electron chi connectivity index (χ1n) is 9.13. The van der Waals surface area contributed by atoms with Crippen LogP contribution in [0.5, 0.6) is 0 Å². The molecule has 1 N–H and O–H groups in total. The van der Waals surface area contributed by atoms with Crippen LogP contribution in [0.2, 0.25) is 0 Å². The molecule has 0 aliphatic carbocycles. The lowest BCUT2D eigenvalue weighted by molar-refractivity contribution is 0.202. The summed E-state index contributed by atoms with van der Waals surface area (Å²) in [6.45, 7) is 3.35. The Bertz CT molecular complexity index is 834. The monoisotopic (exact) mass is 385 g/mol. The lowest BCUT2D eigenvalue weighted by Crippen LogP contribution is -2.22. The molecule has 1 fully saturated rings. The van der Waals surface area contributed by atoms with E-state index in [1.165, 1.54) is 4.88 Å². The second-order valence-electron chi connectivity index (χ2n) is 6.52. The summed E-state index contributed by atoms with van der Waals surface area (Å²) in [4.78, 5) is 12.8. The second kappa shape index (κ2) is 8.60. The van der Waals surface area contributed by atoms with Crippen molar-refractivity contribution in [2.75, 3.05) is 32.1 Å². The highest BCUT2D eigenvalue weighted by atomic mass is 32.1. The largest absolute Gasteiger partial charge is 0.383 e. The summed E-state index contributed by atoms with van der Waals surface area (Å²) in [6.07, 6.45) is 3.96. The van der Waals surface area contributed by atoms with Gasteiger partial charge in [-0.2, -0.15) is 4.98 Å². The van der Waals surface area contributed by atoms with Crippen molar-refractivity contribution >= 4 is 17.2 Å². The number of anilines is 1. The lowest BCUT2D eigenvalue weighted by atomic mass is 10.2. The van der Waals surface area contributed by atoms with Gasteiger partial charge in [-0.25, -0.2) is 4.98 Å². The van der Waals surface area contributed by atoms with Crippen LogP contribution >= 0.6 is 11.3 Å². The number of rotatable bonds is 8. The van der Waals surface area contributed by atoms with E-state index < -0.39 is 0 Å². The average Bonchev–Trinajstić information content (AvgIpc) is 3.45. The highest BCUT2D eigenvalue weighted by Crippen LogP contribution is 2.33. The van der Waals surface area contributed by atoms with Crippen molar-refractivity contribution in [2.45, 2.75) is 25.4 Å². The zero-order chi connectivity index (χ0) is 18.5. The second-order valence-corrected chi connectivity index (χ2v) is 7.55. The predicted octanol–water partition coefficient (Wildman–Crippen LogP) is 3.59. The van der Waals surface area contributed by atoms with Gasteiger partial charge in [-0.15, -0.1) is 11.3 Å². The van der Waals surface area contributed by atoms with Crippen LogP contribution in [-0.4, -0.2) is 46.8 Å². The number of hydrogen-bond acceptors (Lipinski definition) is 8. The van der Waals surface area contributed by atoms with Crippen LogP contribution in [0.15, 0.2) is 40.4 Å². The summed E-state index contributed by atoms with van der Waals surface area (Å²) >= 11 is 1.79. The van der Waals surface area contributed by atoms with E-state index in [4.69, 9.17) is 9.26 Å². The van der Waals surface area contributed by atoms with Gasteiger partial charge in [0.1, 0.15) is 5.82 Å². The van der Waals surface area contributed by atoms with Crippen LogP contribution in [-0.2, 0) is 11.3 Å². The van der Waals surface area contributed by atoms with E-state index >= 15 is 0 Å². The van der Waals surface area contributed by atoms with Crippen molar-refractivity contribution in [3.63, 3.8) is 0 Å². The van der Waals surface area contributed by atoms with Crippen LogP contribution in [0.4, 0.5) is 5.82 Å². The van der Waals surface area contributed by atoms with Gasteiger partial charge >= 0.3 is 0 Å². The first-order valence-corrected chi connectivity index (χ1v) is 10.0. The summed E-state index contributed by atoms with van der Waals surface area (Å²) in [5.41, 5.74) is 0.852. The summed E-state index contributed by atoms with van der Waals surface area (Å²) in [7, 11) is 1.68. The molecule has 4 heterocycles. The first-order chi connectivity index (χ1) is 13.3. The van der Waals surface area contributed by atoms with E-state index in [0.717, 1.165) is 43.9 Å². The van der Waals surface area contributed by atoms with Crippen molar-refractivity contribution in [1.82, 2.24) is 20.0 Å². The number of ether oxygens (including phenoxy) is 1. The fourth-order valence-electron chi connectivity index (χ4n) is 3.30. The van der Waals surface area contributed by atoms with Crippen LogP contribution in [0.1, 0.15) is 29.7 Å². The molecule has 0 aromatic carbocycles. The first kappa shape index (κ1) is 18.1. The number of pyridine rings is 1. The lowest BCUT2D eigenvalue weighted by Gasteiger charge is -2.20. The third-order valence-corrected chi connectivity index (χ3v) is 5.52. The van der Waals surface area contributed by atoms with E-state index in [0.29, 0.717) is 18.3 Å². The van der Waals surface area contributed by atoms with Gasteiger partial charge in [-0.05, 0) is 43.0 Å². The molecular formula is C19H23N5O2S. The fraction of sp³-hybridized carbons (Fsp3) is 0.421. The zero-order valence-corrected chi connectivity index (χ0v) is 16.1. The number of thiophene rings is 1. The van der Waals surface area contributed by atoms with Crippen molar-refractivity contribution in [3.8, 4) is 11.4 Å². The normalized spacial score (nSPS) is 17.4. The van der Waals surface area contributed by atoms with Crippen molar-refractivity contribution in [2.24, 2.45) is 0 Å². The summed E-state index contributed by atoms with van der Waals surface area (Å²) in [5.74, 6) is 2.09. The maximum atomic E-state index is 5.60. The van der Waals surface area contributed by atoms with Gasteiger partial charge in [0.2, 0.25) is 11.7 Å². The van der Waals surface area contributed by atoms with E-state index in [1.807, 2.05) is 12.1 Å². The number of nitrogens with one attached hydrogen (secondary N) is 1. The number of nitrogens with zero attached hydrogens (tertiary/aromatic N) is 4. The standard InChI is InChI=1S/C19H23N5O2S/c1-25-10-8-20-17-7-6-14(12-21-17)18-22-19(26-23-18)16-5-2-9-24(16)13-15-4-3-11-27-15/h3-4,6-7,11-12,16H,2,5,8-10,13H2,1H3,(H,20,21)/t16-/m1/s1. The van der Waals surface area contributed by atoms with Crippen LogP contribution in [0.3, 0.4) is 0 Å². The quantitative estimate of drug-likeness (QED) is 0.594. The van der Waals surface area contributed by atoms with Crippen molar-refractivity contribution in [1.29, 1.82) is 0 Å². The highest BCUT2D eigenvalue weighted by molar-refractivity contribution is 7.09. The summed E-state index contributed by atoms with van der Waals surface area (Å²) in [5, 5.41) is 9.49. The molecule has 0 amide bonds. The molecule has 27 heavy (non-hydrogen) atoms. The minimum absolute atomic E-state index is 0.191. The van der Waals surface area contributed by atoms with Gasteiger partial charge in [0.25, 0.3) is 0 Å². The number of methoxy groups -OCH3 is 1.